The van der Waals surface area contributed by atoms with Gasteiger partial charge >= 0.3 is 0 Å². The normalized spacial score (nSPS) is 12.4. The Morgan fingerprint density at radius 1 is 0.739 bits per heavy atom. The summed E-state index contributed by atoms with van der Waals surface area (Å²) in [4.78, 5) is 46.9. The SMILES string of the molecule is CNC(=O)c1cc2c(Oc3ccc(C(=O)CC(C)(O)c4ccc(Oc5cncc6sc(C(=O)NC)cc56)cc4)cc3)cncc2s1. The molecule has 2 amide bonds. The minimum atomic E-state index is -1.44. The number of fused-ring (bicyclic) bond motifs is 2. The fourth-order valence-electron chi connectivity index (χ4n) is 4.87. The molecule has 12 heteroatoms. The molecule has 1 unspecified atom stereocenters. The number of pyridine rings is 2. The van der Waals surface area contributed by atoms with Gasteiger partial charge in [0.2, 0.25) is 0 Å². The van der Waals surface area contributed by atoms with Crippen LogP contribution in [0.15, 0.2) is 85.5 Å². The van der Waals surface area contributed by atoms with E-state index in [4.69, 9.17) is 9.47 Å². The minimum Gasteiger partial charge on any atom is -0.455 e. The lowest BCUT2D eigenvalue weighted by molar-refractivity contribution is 0.0431. The van der Waals surface area contributed by atoms with E-state index in [0.717, 1.165) is 20.2 Å². The number of ketones is 1. The number of aromatic nitrogens is 2. The quantitative estimate of drug-likeness (QED) is 0.139. The molecule has 0 fully saturated rings. The minimum absolute atomic E-state index is 0.145. The zero-order valence-corrected chi connectivity index (χ0v) is 26.6. The number of ether oxygens (including phenoxy) is 2. The van der Waals surface area contributed by atoms with Gasteiger partial charge in [0, 0.05) is 49.2 Å². The predicted octanol–water partition coefficient (Wildman–Crippen LogP) is 6.69. The number of rotatable bonds is 10. The van der Waals surface area contributed by atoms with Crippen LogP contribution in [-0.4, -0.2) is 46.8 Å². The van der Waals surface area contributed by atoms with Gasteiger partial charge in [0.1, 0.15) is 11.5 Å². The van der Waals surface area contributed by atoms with Gasteiger partial charge in [-0.2, -0.15) is 0 Å². The monoisotopic (exact) mass is 652 g/mol. The van der Waals surface area contributed by atoms with E-state index in [1.165, 1.54) is 22.7 Å². The first-order valence-corrected chi connectivity index (χ1v) is 15.8. The molecule has 3 N–H and O–H groups in total. The fraction of sp³-hybridized carbons (Fsp3) is 0.147. The van der Waals surface area contributed by atoms with Crippen LogP contribution in [0.3, 0.4) is 0 Å². The third kappa shape index (κ3) is 6.31. The van der Waals surface area contributed by atoms with Crippen LogP contribution in [0.4, 0.5) is 0 Å². The molecule has 6 aromatic rings. The Labute approximate surface area is 271 Å². The van der Waals surface area contributed by atoms with Gasteiger partial charge in [-0.3, -0.25) is 24.4 Å². The van der Waals surface area contributed by atoms with Crippen molar-refractivity contribution in [1.29, 1.82) is 0 Å². The van der Waals surface area contributed by atoms with Crippen molar-refractivity contribution in [1.82, 2.24) is 20.6 Å². The van der Waals surface area contributed by atoms with Crippen molar-refractivity contribution in [3.05, 3.63) is 106 Å². The molecule has 0 spiro atoms. The standard InChI is InChI=1S/C34H28N4O6S2/c1-34(42,20-6-10-22(11-7-20)44-27-16-38-18-31-24(27)13-29(46-31)33(41)36-3)14-25(39)19-4-8-21(9-5-19)43-26-15-37-17-30-23(26)12-28(45-30)32(40)35-2/h4-13,15-18,42H,14H2,1-3H3,(H,35,40)(H,36,41). The van der Waals surface area contributed by atoms with E-state index in [1.807, 2.05) is 0 Å². The summed E-state index contributed by atoms with van der Waals surface area (Å²) in [5.41, 5.74) is -0.464. The highest BCUT2D eigenvalue weighted by Gasteiger charge is 2.27. The second kappa shape index (κ2) is 12.7. The van der Waals surface area contributed by atoms with Crippen LogP contribution in [-0.2, 0) is 5.60 Å². The Hall–Kier alpha value is -5.17. The number of nitrogens with zero attached hydrogens (tertiary/aromatic N) is 2. The van der Waals surface area contributed by atoms with Crippen LogP contribution in [0.1, 0.15) is 48.6 Å². The smallest absolute Gasteiger partial charge is 0.261 e. The second-order valence-corrected chi connectivity index (χ2v) is 12.8. The van der Waals surface area contributed by atoms with Crippen LogP contribution in [0.2, 0.25) is 0 Å². The Kier molecular flexibility index (Phi) is 8.50. The van der Waals surface area contributed by atoms with Crippen molar-refractivity contribution >= 4 is 60.4 Å². The first-order chi connectivity index (χ1) is 22.1. The van der Waals surface area contributed by atoms with Crippen molar-refractivity contribution in [2.45, 2.75) is 18.9 Å². The summed E-state index contributed by atoms with van der Waals surface area (Å²) in [5.74, 6) is 1.41. The molecule has 0 aliphatic carbocycles. The van der Waals surface area contributed by atoms with Gasteiger partial charge in [0.05, 0.1) is 37.1 Å². The van der Waals surface area contributed by atoms with E-state index in [2.05, 4.69) is 20.6 Å². The van der Waals surface area contributed by atoms with Crippen molar-refractivity contribution in [2.75, 3.05) is 14.1 Å². The van der Waals surface area contributed by atoms with Gasteiger partial charge in [0.15, 0.2) is 17.3 Å². The molecule has 4 heterocycles. The molecule has 46 heavy (non-hydrogen) atoms. The van der Waals surface area contributed by atoms with E-state index < -0.39 is 5.60 Å². The molecular formula is C34H28N4O6S2. The number of benzene rings is 2. The van der Waals surface area contributed by atoms with Crippen LogP contribution in [0.5, 0.6) is 23.0 Å². The highest BCUT2D eigenvalue weighted by Crippen LogP contribution is 2.37. The molecule has 10 nitrogen and oxygen atoms in total. The average Bonchev–Trinajstić information content (AvgIpc) is 3.71. The van der Waals surface area contributed by atoms with Crippen LogP contribution in [0.25, 0.3) is 20.2 Å². The number of nitrogens with one attached hydrogen (secondary N) is 2. The highest BCUT2D eigenvalue weighted by atomic mass is 32.1. The summed E-state index contributed by atoms with van der Waals surface area (Å²) in [5, 5.41) is 18.0. The van der Waals surface area contributed by atoms with Crippen molar-refractivity contribution < 1.29 is 29.0 Å². The second-order valence-electron chi connectivity index (χ2n) is 10.6. The molecule has 4 aromatic heterocycles. The van der Waals surface area contributed by atoms with Crippen molar-refractivity contribution in [2.24, 2.45) is 0 Å². The largest absolute Gasteiger partial charge is 0.455 e. The maximum atomic E-state index is 13.2. The van der Waals surface area contributed by atoms with Crippen LogP contribution < -0.4 is 20.1 Å². The zero-order valence-electron chi connectivity index (χ0n) is 25.0. The Bertz CT molecular complexity index is 2090. The van der Waals surface area contributed by atoms with E-state index in [0.29, 0.717) is 43.9 Å². The molecular weight excluding hydrogens is 625 g/mol. The maximum Gasteiger partial charge on any atom is 0.261 e. The predicted molar refractivity (Wildman–Crippen MR) is 178 cm³/mol. The van der Waals surface area contributed by atoms with E-state index in [1.54, 1.807) is 106 Å². The molecule has 0 aliphatic heterocycles. The number of Topliss-reactive ketones (excluding diaryl/α,β-unsaturated/α-hetero) is 1. The Morgan fingerprint density at radius 2 is 1.20 bits per heavy atom. The lowest BCUT2D eigenvalue weighted by atomic mass is 9.89. The van der Waals surface area contributed by atoms with E-state index in [9.17, 15) is 19.5 Å². The summed E-state index contributed by atoms with van der Waals surface area (Å²) in [7, 11) is 3.16. The third-order valence-corrected chi connectivity index (χ3v) is 9.47. The molecule has 6 rings (SSSR count). The number of amides is 2. The number of carbonyl (C=O) groups is 3. The van der Waals surface area contributed by atoms with E-state index >= 15 is 0 Å². The Balaban J connectivity index is 1.12. The lowest BCUT2D eigenvalue weighted by Gasteiger charge is -2.23. The first kappa shape index (κ1) is 30.8. The summed E-state index contributed by atoms with van der Waals surface area (Å²) >= 11 is 2.65. The topological polar surface area (TPSA) is 140 Å². The number of aliphatic hydroxyl groups is 1. The molecule has 0 aliphatic rings. The van der Waals surface area contributed by atoms with Gasteiger partial charge in [-0.05, 0) is 61.0 Å². The first-order valence-electron chi connectivity index (χ1n) is 14.2. The van der Waals surface area contributed by atoms with Crippen molar-refractivity contribution in [3.63, 3.8) is 0 Å². The summed E-state index contributed by atoms with van der Waals surface area (Å²) in [6.07, 6.45) is 6.39. The van der Waals surface area contributed by atoms with Crippen molar-refractivity contribution in [3.8, 4) is 23.0 Å². The number of hydrogen-bond acceptors (Lipinski definition) is 10. The Morgan fingerprint density at radius 3 is 1.65 bits per heavy atom. The molecule has 0 bridgehead atoms. The summed E-state index contributed by atoms with van der Waals surface area (Å²) < 4.78 is 13.7. The zero-order chi connectivity index (χ0) is 32.4. The molecule has 0 saturated carbocycles. The molecule has 232 valence electrons. The molecule has 2 aromatic carbocycles. The summed E-state index contributed by atoms with van der Waals surface area (Å²) in [6.45, 7) is 1.59. The summed E-state index contributed by atoms with van der Waals surface area (Å²) in [6, 6.07) is 17.0. The lowest BCUT2D eigenvalue weighted by Crippen LogP contribution is -2.25. The van der Waals surface area contributed by atoms with Crippen LogP contribution in [0, 0.1) is 0 Å². The van der Waals surface area contributed by atoms with E-state index in [-0.39, 0.29) is 24.0 Å². The van der Waals surface area contributed by atoms with Gasteiger partial charge in [-0.15, -0.1) is 22.7 Å². The van der Waals surface area contributed by atoms with Gasteiger partial charge in [0.25, 0.3) is 11.8 Å². The third-order valence-electron chi connectivity index (χ3n) is 7.33. The number of hydrogen-bond donors (Lipinski definition) is 3. The highest BCUT2D eigenvalue weighted by molar-refractivity contribution is 7.21. The fourth-order valence-corrected chi connectivity index (χ4v) is 6.85. The van der Waals surface area contributed by atoms with Crippen LogP contribution >= 0.6 is 22.7 Å². The number of thiophene rings is 2. The average molecular weight is 653 g/mol. The van der Waals surface area contributed by atoms with Gasteiger partial charge in [-0.25, -0.2) is 0 Å². The van der Waals surface area contributed by atoms with Gasteiger partial charge < -0.3 is 25.2 Å². The number of carbonyl (C=O) groups excluding carboxylic acids is 3. The maximum absolute atomic E-state index is 13.2. The molecule has 0 radical (unpaired) electrons. The van der Waals surface area contributed by atoms with Gasteiger partial charge in [-0.1, -0.05) is 12.1 Å². The molecule has 0 saturated heterocycles. The molecule has 1 atom stereocenters.